The Hall–Kier alpha value is -2.70. The van der Waals surface area contributed by atoms with Crippen LogP contribution in [-0.4, -0.2) is 21.4 Å². The third kappa shape index (κ3) is 4.41. The highest BCUT2D eigenvalue weighted by atomic mass is 16.6. The number of nitro groups is 1. The van der Waals surface area contributed by atoms with Gasteiger partial charge in [0, 0.05) is 12.7 Å². The lowest BCUT2D eigenvalue weighted by atomic mass is 10.3. The molecule has 2 heterocycles. The molecular weight excluding hydrogens is 270 g/mol. The van der Waals surface area contributed by atoms with Gasteiger partial charge in [0.1, 0.15) is 11.6 Å². The second kappa shape index (κ2) is 7.18. The Morgan fingerprint density at radius 3 is 2.62 bits per heavy atom. The van der Waals surface area contributed by atoms with E-state index in [4.69, 9.17) is 0 Å². The van der Waals surface area contributed by atoms with Gasteiger partial charge in [-0.2, -0.15) is 0 Å². The van der Waals surface area contributed by atoms with Gasteiger partial charge in [0.05, 0.1) is 29.3 Å². The van der Waals surface area contributed by atoms with E-state index in [0.29, 0.717) is 24.7 Å². The van der Waals surface area contributed by atoms with Gasteiger partial charge in [0.15, 0.2) is 0 Å². The van der Waals surface area contributed by atoms with E-state index in [1.54, 1.807) is 6.20 Å². The van der Waals surface area contributed by atoms with Crippen LogP contribution in [-0.2, 0) is 6.54 Å². The molecule has 110 valence electrons. The lowest BCUT2D eigenvalue weighted by molar-refractivity contribution is -0.384. The highest BCUT2D eigenvalue weighted by Gasteiger charge is 2.11. The van der Waals surface area contributed by atoms with E-state index in [1.807, 2.05) is 25.1 Å². The summed E-state index contributed by atoms with van der Waals surface area (Å²) in [5, 5.41) is 17.1. The van der Waals surface area contributed by atoms with Crippen molar-refractivity contribution in [3.63, 3.8) is 0 Å². The minimum absolute atomic E-state index is 0.00660. The van der Waals surface area contributed by atoms with Crippen molar-refractivity contribution in [2.24, 2.45) is 0 Å². The maximum atomic E-state index is 11.0. The Morgan fingerprint density at radius 2 is 2.00 bits per heavy atom. The zero-order valence-corrected chi connectivity index (χ0v) is 11.7. The van der Waals surface area contributed by atoms with Crippen LogP contribution in [0.4, 0.5) is 17.3 Å². The van der Waals surface area contributed by atoms with E-state index < -0.39 is 4.92 Å². The van der Waals surface area contributed by atoms with Crippen molar-refractivity contribution < 1.29 is 4.92 Å². The molecule has 0 saturated carbocycles. The van der Waals surface area contributed by atoms with E-state index in [9.17, 15) is 10.1 Å². The highest BCUT2D eigenvalue weighted by Crippen LogP contribution is 2.21. The number of hydrogen-bond acceptors (Lipinski definition) is 6. The van der Waals surface area contributed by atoms with Crippen LogP contribution < -0.4 is 10.6 Å². The molecule has 0 bridgehead atoms. The summed E-state index contributed by atoms with van der Waals surface area (Å²) in [6.45, 7) is 3.20. The van der Waals surface area contributed by atoms with Crippen LogP contribution in [0.15, 0.2) is 36.5 Å². The maximum Gasteiger partial charge on any atom is 0.276 e. The number of nitrogens with zero attached hydrogens (tertiary/aromatic N) is 3. The van der Waals surface area contributed by atoms with Gasteiger partial charge < -0.3 is 10.6 Å². The molecule has 7 heteroatoms. The molecule has 2 aromatic rings. The number of aromatic nitrogens is 2. The van der Waals surface area contributed by atoms with Gasteiger partial charge in [-0.1, -0.05) is 13.0 Å². The zero-order valence-electron chi connectivity index (χ0n) is 11.7. The van der Waals surface area contributed by atoms with Crippen LogP contribution >= 0.6 is 0 Å². The molecule has 2 rings (SSSR count). The maximum absolute atomic E-state index is 11.0. The molecule has 0 atom stereocenters. The first-order valence-electron chi connectivity index (χ1n) is 6.73. The van der Waals surface area contributed by atoms with Gasteiger partial charge in [0.2, 0.25) is 0 Å². The molecule has 0 saturated heterocycles. The van der Waals surface area contributed by atoms with Crippen LogP contribution in [0, 0.1) is 10.1 Å². The van der Waals surface area contributed by atoms with Crippen molar-refractivity contribution in [2.45, 2.75) is 19.9 Å². The van der Waals surface area contributed by atoms with Crippen molar-refractivity contribution in [3.8, 4) is 0 Å². The smallest absolute Gasteiger partial charge is 0.276 e. The SMILES string of the molecule is CCCNc1cc([N+](=O)[O-])cc(NCc2ccccn2)n1. The van der Waals surface area contributed by atoms with E-state index in [0.717, 1.165) is 12.1 Å². The lowest BCUT2D eigenvalue weighted by Crippen LogP contribution is -2.07. The van der Waals surface area contributed by atoms with Gasteiger partial charge in [0.25, 0.3) is 5.69 Å². The quantitative estimate of drug-likeness (QED) is 0.601. The summed E-state index contributed by atoms with van der Waals surface area (Å²) < 4.78 is 0. The molecule has 0 aliphatic carbocycles. The van der Waals surface area contributed by atoms with Gasteiger partial charge in [-0.25, -0.2) is 4.98 Å². The van der Waals surface area contributed by atoms with Gasteiger partial charge >= 0.3 is 0 Å². The van der Waals surface area contributed by atoms with Crippen LogP contribution in [0.2, 0.25) is 0 Å². The normalized spacial score (nSPS) is 10.1. The summed E-state index contributed by atoms with van der Waals surface area (Å²) in [4.78, 5) is 19.0. The Bertz CT molecular complexity index is 604. The van der Waals surface area contributed by atoms with Gasteiger partial charge in [-0.3, -0.25) is 15.1 Å². The molecular formula is C14H17N5O2. The minimum atomic E-state index is -0.426. The van der Waals surface area contributed by atoms with Crippen LogP contribution in [0.3, 0.4) is 0 Å². The van der Waals surface area contributed by atoms with E-state index in [2.05, 4.69) is 20.6 Å². The summed E-state index contributed by atoms with van der Waals surface area (Å²) >= 11 is 0. The van der Waals surface area contributed by atoms with E-state index >= 15 is 0 Å². The Labute approximate surface area is 122 Å². The average molecular weight is 287 g/mol. The number of pyridine rings is 2. The molecule has 0 aliphatic heterocycles. The standard InChI is InChI=1S/C14H17N5O2/c1-2-6-16-13-8-12(19(20)21)9-14(18-13)17-10-11-5-3-4-7-15-11/h3-5,7-9H,2,6,10H2,1H3,(H2,16,17,18). The van der Waals surface area contributed by atoms with Gasteiger partial charge in [-0.15, -0.1) is 0 Å². The second-order valence-electron chi connectivity index (χ2n) is 4.45. The second-order valence-corrected chi connectivity index (χ2v) is 4.45. The van der Waals surface area contributed by atoms with Gasteiger partial charge in [-0.05, 0) is 18.6 Å². The number of rotatable bonds is 7. The summed E-state index contributed by atoms with van der Waals surface area (Å²) in [5.74, 6) is 0.947. The van der Waals surface area contributed by atoms with Crippen molar-refractivity contribution in [2.75, 3.05) is 17.2 Å². The summed E-state index contributed by atoms with van der Waals surface area (Å²) in [6, 6.07) is 8.45. The van der Waals surface area contributed by atoms with Crippen LogP contribution in [0.5, 0.6) is 0 Å². The summed E-state index contributed by atoms with van der Waals surface area (Å²) in [5.41, 5.74) is 0.848. The van der Waals surface area contributed by atoms with Crippen LogP contribution in [0.25, 0.3) is 0 Å². The minimum Gasteiger partial charge on any atom is -0.370 e. The number of hydrogen-bond donors (Lipinski definition) is 2. The Kier molecular flexibility index (Phi) is 5.03. The molecule has 2 aromatic heterocycles. The molecule has 0 unspecified atom stereocenters. The monoisotopic (exact) mass is 287 g/mol. The first-order valence-corrected chi connectivity index (χ1v) is 6.73. The molecule has 0 aromatic carbocycles. The van der Waals surface area contributed by atoms with E-state index in [1.165, 1.54) is 12.1 Å². The summed E-state index contributed by atoms with van der Waals surface area (Å²) in [6.07, 6.45) is 2.62. The average Bonchev–Trinajstić information content (AvgIpc) is 2.51. The van der Waals surface area contributed by atoms with Crippen molar-refractivity contribution in [1.82, 2.24) is 9.97 Å². The molecule has 0 aliphatic rings. The number of nitrogens with one attached hydrogen (secondary N) is 2. The fourth-order valence-electron chi connectivity index (χ4n) is 1.74. The predicted octanol–water partition coefficient (Wildman–Crippen LogP) is 2.82. The molecule has 0 spiro atoms. The molecule has 0 amide bonds. The van der Waals surface area contributed by atoms with Crippen molar-refractivity contribution in [1.29, 1.82) is 0 Å². The van der Waals surface area contributed by atoms with Crippen molar-refractivity contribution in [3.05, 3.63) is 52.3 Å². The molecule has 7 nitrogen and oxygen atoms in total. The number of anilines is 2. The third-order valence-corrected chi connectivity index (χ3v) is 2.75. The van der Waals surface area contributed by atoms with E-state index in [-0.39, 0.29) is 5.69 Å². The fraction of sp³-hybridized carbons (Fsp3) is 0.286. The topological polar surface area (TPSA) is 93.0 Å². The molecule has 0 radical (unpaired) electrons. The third-order valence-electron chi connectivity index (χ3n) is 2.75. The first-order chi connectivity index (χ1) is 10.2. The largest absolute Gasteiger partial charge is 0.370 e. The predicted molar refractivity (Wildman–Crippen MR) is 81.2 cm³/mol. The zero-order chi connectivity index (χ0) is 15.1. The Morgan fingerprint density at radius 1 is 1.24 bits per heavy atom. The lowest BCUT2D eigenvalue weighted by Gasteiger charge is -2.08. The first kappa shape index (κ1) is 14.7. The Balaban J connectivity index is 2.13. The molecule has 2 N–H and O–H groups in total. The fourth-order valence-corrected chi connectivity index (χ4v) is 1.74. The van der Waals surface area contributed by atoms with Crippen LogP contribution in [0.1, 0.15) is 19.0 Å². The molecule has 21 heavy (non-hydrogen) atoms. The highest BCUT2D eigenvalue weighted by molar-refractivity contribution is 5.54. The molecule has 0 fully saturated rings. The van der Waals surface area contributed by atoms with Crippen molar-refractivity contribution >= 4 is 17.3 Å². The summed E-state index contributed by atoms with van der Waals surface area (Å²) in [7, 11) is 0.